The van der Waals surface area contributed by atoms with Gasteiger partial charge in [0, 0.05) is 13.0 Å². The Morgan fingerprint density at radius 3 is 2.38 bits per heavy atom. The lowest BCUT2D eigenvalue weighted by Gasteiger charge is -2.15. The minimum atomic E-state index is -3.65. The van der Waals surface area contributed by atoms with Crippen molar-refractivity contribution in [3.63, 3.8) is 0 Å². The third-order valence-electron chi connectivity index (χ3n) is 3.16. The van der Waals surface area contributed by atoms with E-state index in [9.17, 15) is 23.1 Å². The Bertz CT molecular complexity index is 926. The molecule has 138 valence electrons. The molecule has 2 rings (SSSR count). The van der Waals surface area contributed by atoms with E-state index in [-0.39, 0.29) is 23.5 Å². The quantitative estimate of drug-likeness (QED) is 0.632. The fourth-order valence-corrected chi connectivity index (χ4v) is 2.63. The van der Waals surface area contributed by atoms with Gasteiger partial charge in [-0.25, -0.2) is 8.42 Å². The summed E-state index contributed by atoms with van der Waals surface area (Å²) in [7, 11) is -3.65. The molecule has 0 saturated heterocycles. The summed E-state index contributed by atoms with van der Waals surface area (Å²) in [5.74, 6) is -0.942. The van der Waals surface area contributed by atoms with Gasteiger partial charge >= 0.3 is 0 Å². The summed E-state index contributed by atoms with van der Waals surface area (Å²) in [5.41, 5.74) is -0.131. The molecule has 2 aromatic carbocycles. The van der Waals surface area contributed by atoms with Crippen LogP contribution in [-0.2, 0) is 14.8 Å². The molecule has 0 saturated carbocycles. The molecule has 0 aliphatic carbocycles. The van der Waals surface area contributed by atoms with E-state index in [1.165, 1.54) is 13.0 Å². The Morgan fingerprint density at radius 2 is 1.81 bits per heavy atom. The first kappa shape index (κ1) is 19.3. The first-order valence-corrected chi connectivity index (χ1v) is 9.40. The zero-order valence-corrected chi connectivity index (χ0v) is 15.0. The summed E-state index contributed by atoms with van der Waals surface area (Å²) in [5, 5.41) is 12.4. The van der Waals surface area contributed by atoms with Crippen LogP contribution < -0.4 is 14.8 Å². The van der Waals surface area contributed by atoms with Gasteiger partial charge in [0.15, 0.2) is 11.5 Å². The maximum Gasteiger partial charge on any atom is 0.229 e. The number of para-hydroxylation sites is 1. The van der Waals surface area contributed by atoms with Crippen molar-refractivity contribution in [2.45, 2.75) is 6.92 Å². The highest BCUT2D eigenvalue weighted by molar-refractivity contribution is 7.92. The number of sulfonamides is 1. The number of phenols is 1. The summed E-state index contributed by atoms with van der Waals surface area (Å²) >= 11 is 0. The number of amides is 1. The van der Waals surface area contributed by atoms with E-state index < -0.39 is 27.5 Å². The van der Waals surface area contributed by atoms with Crippen molar-refractivity contribution in [2.24, 2.45) is 0 Å². The highest BCUT2D eigenvalue weighted by Gasteiger charge is 2.19. The van der Waals surface area contributed by atoms with Crippen LogP contribution in [0.3, 0.4) is 0 Å². The van der Waals surface area contributed by atoms with Gasteiger partial charge in [-0.3, -0.25) is 14.3 Å². The average molecular weight is 378 g/mol. The van der Waals surface area contributed by atoms with Crippen LogP contribution in [0.25, 0.3) is 0 Å². The molecular formula is C17H18N2O6S. The second-order valence-corrected chi connectivity index (χ2v) is 7.24. The monoisotopic (exact) mass is 378 g/mol. The number of Topliss-reactive ketones (excluding diaryl/α,β-unsaturated/α-hetero) is 1. The SMILES string of the molecule is CC(=O)NCC(=O)c1cc(Oc2ccccc2)c(NS(C)(=O)=O)cc1O. The largest absolute Gasteiger partial charge is 0.507 e. The van der Waals surface area contributed by atoms with Crippen LogP contribution in [0.2, 0.25) is 0 Å². The number of carbonyl (C=O) groups is 2. The summed E-state index contributed by atoms with van der Waals surface area (Å²) in [6, 6.07) is 10.8. The van der Waals surface area contributed by atoms with Gasteiger partial charge in [0.05, 0.1) is 24.1 Å². The highest BCUT2D eigenvalue weighted by atomic mass is 32.2. The number of nitrogens with one attached hydrogen (secondary N) is 2. The predicted octanol–water partition coefficient (Wildman–Crippen LogP) is 1.87. The van der Waals surface area contributed by atoms with Crippen molar-refractivity contribution >= 4 is 27.4 Å². The molecule has 8 nitrogen and oxygen atoms in total. The fourth-order valence-electron chi connectivity index (χ4n) is 2.07. The first-order valence-electron chi connectivity index (χ1n) is 7.51. The first-order chi connectivity index (χ1) is 12.2. The van der Waals surface area contributed by atoms with Crippen LogP contribution in [0, 0.1) is 0 Å². The van der Waals surface area contributed by atoms with Gasteiger partial charge in [0.25, 0.3) is 0 Å². The normalized spacial score (nSPS) is 10.8. The van der Waals surface area contributed by atoms with E-state index in [0.29, 0.717) is 5.75 Å². The van der Waals surface area contributed by atoms with Gasteiger partial charge in [0.1, 0.15) is 11.5 Å². The maximum absolute atomic E-state index is 12.2. The number of ketones is 1. The zero-order valence-electron chi connectivity index (χ0n) is 14.1. The van der Waals surface area contributed by atoms with E-state index in [0.717, 1.165) is 12.3 Å². The Balaban J connectivity index is 2.44. The van der Waals surface area contributed by atoms with Crippen molar-refractivity contribution in [3.05, 3.63) is 48.0 Å². The summed E-state index contributed by atoms with van der Waals surface area (Å²) in [6.45, 7) is 0.947. The molecule has 1 amide bonds. The van der Waals surface area contributed by atoms with Crippen LogP contribution in [0.15, 0.2) is 42.5 Å². The summed E-state index contributed by atoms with van der Waals surface area (Å²) in [4.78, 5) is 23.2. The Labute approximate surface area is 150 Å². The van der Waals surface area contributed by atoms with E-state index in [1.54, 1.807) is 30.3 Å². The molecule has 0 unspecified atom stereocenters. The number of hydrogen-bond donors (Lipinski definition) is 3. The lowest BCUT2D eigenvalue weighted by molar-refractivity contribution is -0.118. The molecule has 0 aromatic heterocycles. The molecule has 2 aromatic rings. The lowest BCUT2D eigenvalue weighted by Crippen LogP contribution is -2.27. The van der Waals surface area contributed by atoms with Gasteiger partial charge < -0.3 is 15.2 Å². The molecule has 0 heterocycles. The Hall–Kier alpha value is -3.07. The summed E-state index contributed by atoms with van der Waals surface area (Å²) < 4.78 is 31.0. The van der Waals surface area contributed by atoms with Gasteiger partial charge in [-0.2, -0.15) is 0 Å². The van der Waals surface area contributed by atoms with Crippen LogP contribution in [0.1, 0.15) is 17.3 Å². The predicted molar refractivity (Wildman–Crippen MR) is 96.1 cm³/mol. The molecule has 0 aliphatic rings. The Kier molecular flexibility index (Phi) is 5.83. The number of phenolic OH excluding ortho intramolecular Hbond substituents is 1. The molecular weight excluding hydrogens is 360 g/mol. The van der Waals surface area contributed by atoms with E-state index in [1.807, 2.05) is 0 Å². The molecule has 26 heavy (non-hydrogen) atoms. The molecule has 0 atom stereocenters. The van der Waals surface area contributed by atoms with Gasteiger partial charge in [-0.15, -0.1) is 0 Å². The standard InChI is InChI=1S/C17H18N2O6S/c1-11(20)18-10-16(22)13-8-17(25-12-6-4-3-5-7-12)14(9-15(13)21)19-26(2,23)24/h3-9,19,21H,10H2,1-2H3,(H,18,20). The minimum Gasteiger partial charge on any atom is -0.507 e. The van der Waals surface area contributed by atoms with Crippen LogP contribution in [0.5, 0.6) is 17.2 Å². The van der Waals surface area contributed by atoms with Gasteiger partial charge in [0.2, 0.25) is 15.9 Å². The smallest absolute Gasteiger partial charge is 0.229 e. The minimum absolute atomic E-state index is 0.0232. The van der Waals surface area contributed by atoms with Crippen molar-refractivity contribution in [3.8, 4) is 17.2 Å². The second-order valence-electron chi connectivity index (χ2n) is 5.49. The van der Waals surface area contributed by atoms with E-state index in [2.05, 4.69) is 10.0 Å². The summed E-state index contributed by atoms with van der Waals surface area (Å²) in [6.07, 6.45) is 0.951. The molecule has 0 fully saturated rings. The number of benzene rings is 2. The third kappa shape index (κ3) is 5.49. The highest BCUT2D eigenvalue weighted by Crippen LogP contribution is 2.36. The lowest BCUT2D eigenvalue weighted by atomic mass is 10.1. The van der Waals surface area contributed by atoms with Crippen molar-refractivity contribution in [1.29, 1.82) is 0 Å². The van der Waals surface area contributed by atoms with Crippen molar-refractivity contribution in [2.75, 3.05) is 17.5 Å². The molecule has 3 N–H and O–H groups in total. The third-order valence-corrected chi connectivity index (χ3v) is 3.75. The number of anilines is 1. The van der Waals surface area contributed by atoms with Gasteiger partial charge in [-0.1, -0.05) is 18.2 Å². The fraction of sp³-hybridized carbons (Fsp3) is 0.176. The topological polar surface area (TPSA) is 122 Å². The molecule has 0 radical (unpaired) electrons. The molecule has 0 spiro atoms. The molecule has 0 aliphatic heterocycles. The van der Waals surface area contributed by atoms with Crippen molar-refractivity contribution in [1.82, 2.24) is 5.32 Å². The number of rotatable bonds is 7. The van der Waals surface area contributed by atoms with Crippen LogP contribution in [-0.4, -0.2) is 38.0 Å². The average Bonchev–Trinajstić information content (AvgIpc) is 2.54. The Morgan fingerprint density at radius 1 is 1.15 bits per heavy atom. The maximum atomic E-state index is 12.2. The van der Waals surface area contributed by atoms with Crippen molar-refractivity contribution < 1.29 is 27.9 Å². The number of carbonyl (C=O) groups excluding carboxylic acids is 2. The number of hydrogen-bond acceptors (Lipinski definition) is 6. The second kappa shape index (κ2) is 7.87. The molecule has 9 heteroatoms. The van der Waals surface area contributed by atoms with Gasteiger partial charge in [-0.05, 0) is 18.2 Å². The number of ether oxygens (including phenoxy) is 1. The molecule has 0 bridgehead atoms. The van der Waals surface area contributed by atoms with E-state index >= 15 is 0 Å². The van der Waals surface area contributed by atoms with Crippen LogP contribution >= 0.6 is 0 Å². The van der Waals surface area contributed by atoms with E-state index in [4.69, 9.17) is 4.74 Å². The number of aromatic hydroxyl groups is 1. The zero-order chi connectivity index (χ0) is 19.3. The van der Waals surface area contributed by atoms with Crippen LogP contribution in [0.4, 0.5) is 5.69 Å².